The molecule has 0 aromatic rings. The molecule has 0 rings (SSSR count). The van der Waals surface area contributed by atoms with Crippen LogP contribution in [0.25, 0.3) is 0 Å². The molecule has 0 bridgehead atoms. The molecule has 0 spiro atoms. The molecule has 0 radical (unpaired) electrons. The molecule has 0 aromatic carbocycles. The van der Waals surface area contributed by atoms with E-state index in [-0.39, 0.29) is 43.6 Å². The summed E-state index contributed by atoms with van der Waals surface area (Å²) in [6.45, 7) is 0. The van der Waals surface area contributed by atoms with Crippen molar-refractivity contribution >= 4 is 25.2 Å². The summed E-state index contributed by atoms with van der Waals surface area (Å²) in [5.74, 6) is 0. The van der Waals surface area contributed by atoms with Gasteiger partial charge in [0.25, 0.3) is 0 Å². The van der Waals surface area contributed by atoms with Crippen LogP contribution in [-0.2, 0) is 48.9 Å². The molecule has 0 saturated carbocycles. The van der Waals surface area contributed by atoms with E-state index in [1.807, 2.05) is 0 Å². The topological polar surface area (TPSA) is 178 Å². The summed E-state index contributed by atoms with van der Waals surface area (Å²) in [4.78, 5) is 25.6. The number of hydrogen-bond acceptors (Lipinski definition) is 8. The quantitative estimate of drug-likeness (QED) is 0.311. The van der Waals surface area contributed by atoms with Gasteiger partial charge in [0.1, 0.15) is 0 Å². The van der Waals surface area contributed by atoms with E-state index in [9.17, 15) is 0 Å². The molecule has 64 valence electrons. The third-order valence-electron chi connectivity index (χ3n) is 0. The molecule has 0 heterocycles. The second-order valence-corrected chi connectivity index (χ2v) is 3.40. The van der Waals surface area contributed by atoms with E-state index in [0.29, 0.717) is 0 Å². The molecule has 0 fully saturated rings. The van der Waals surface area contributed by atoms with Gasteiger partial charge in [-0.2, -0.15) is 7.82 Å². The molecular formula is AlO8PTiZr. The first-order valence-electron chi connectivity index (χ1n) is 1.55. The first kappa shape index (κ1) is 23.7. The van der Waals surface area contributed by atoms with Gasteiger partial charge in [0.2, 0.25) is 0 Å². The summed E-state index contributed by atoms with van der Waals surface area (Å²) in [6, 6.07) is 0. The van der Waals surface area contributed by atoms with Crippen LogP contribution in [-0.4, -0.2) is 17.4 Å². The van der Waals surface area contributed by atoms with Crippen molar-refractivity contribution < 1.29 is 78.3 Å². The van der Waals surface area contributed by atoms with Crippen molar-refractivity contribution in [1.29, 1.82) is 0 Å². The fourth-order valence-electron chi connectivity index (χ4n) is 0. The second-order valence-electron chi connectivity index (χ2n) is 0.947. The number of rotatable bonds is 0. The Balaban J connectivity index is -0.0000000457. The van der Waals surface area contributed by atoms with Crippen LogP contribution in [0.15, 0.2) is 0 Å². The van der Waals surface area contributed by atoms with Gasteiger partial charge in [0.05, 0.1) is 0 Å². The van der Waals surface area contributed by atoms with Crippen molar-refractivity contribution in [3.8, 4) is 0 Å². The van der Waals surface area contributed by atoms with Crippen molar-refractivity contribution in [2.75, 3.05) is 0 Å². The summed E-state index contributed by atoms with van der Waals surface area (Å²) in [5, 5.41) is 0. The van der Waals surface area contributed by atoms with Gasteiger partial charge in [-0.25, -0.2) is 0 Å². The Morgan fingerprint density at radius 2 is 0.917 bits per heavy atom. The summed E-state index contributed by atoms with van der Waals surface area (Å²) in [6.07, 6.45) is 0. The summed E-state index contributed by atoms with van der Waals surface area (Å²) in [5.41, 5.74) is 0. The summed E-state index contributed by atoms with van der Waals surface area (Å²) < 4.78 is 43.0. The molecule has 0 aliphatic rings. The minimum absolute atomic E-state index is 0. The van der Waals surface area contributed by atoms with Crippen LogP contribution in [0.3, 0.4) is 0 Å². The molecule has 0 saturated heterocycles. The van der Waals surface area contributed by atoms with E-state index in [2.05, 4.69) is 0 Å². The maximum absolute atomic E-state index is 8.62. The normalized spacial score (nSPS) is 9.92. The van der Waals surface area contributed by atoms with Gasteiger partial charge in [0, 0.05) is 0 Å². The van der Waals surface area contributed by atoms with Crippen molar-refractivity contribution in [1.82, 2.24) is 0 Å². The summed E-state index contributed by atoms with van der Waals surface area (Å²) in [7, 11) is -5.39. The standard InChI is InChI=1S/Al.H3O4P.4O.Ti.Zr/c;1-5(2,3)4;;;;;;/h;(H3,1,2,3,4);;;;;;/q+3;;4*-1;;+4/p-3. The molecule has 0 atom stereocenters. The Kier molecular flexibility index (Phi) is 19.0. The van der Waals surface area contributed by atoms with Gasteiger partial charge in [-0.05, 0) is 0 Å². The van der Waals surface area contributed by atoms with Crippen LogP contribution in [0.5, 0.6) is 0 Å². The molecule has 0 unspecified atom stereocenters. The van der Waals surface area contributed by atoms with Gasteiger partial charge in [-0.1, -0.05) is 0 Å². The van der Waals surface area contributed by atoms with Crippen molar-refractivity contribution in [3.63, 3.8) is 0 Å². The van der Waals surface area contributed by atoms with Crippen LogP contribution < -0.4 is 29.4 Å². The van der Waals surface area contributed by atoms with Crippen LogP contribution in [0, 0.1) is 0 Å². The molecule has 8 nitrogen and oxygen atoms in total. The predicted molar refractivity (Wildman–Crippen MR) is 13.4 cm³/mol. The van der Waals surface area contributed by atoms with Crippen LogP contribution in [0.2, 0.25) is 0 Å². The Morgan fingerprint density at radius 3 is 0.917 bits per heavy atom. The Labute approximate surface area is 103 Å². The van der Waals surface area contributed by atoms with E-state index in [1.165, 1.54) is 0 Å². The van der Waals surface area contributed by atoms with E-state index >= 15 is 0 Å². The number of phosphoric acid groups is 1. The molecule has 0 amide bonds. The summed E-state index contributed by atoms with van der Waals surface area (Å²) >= 11 is -6.00. The predicted octanol–water partition coefficient (Wildman–Crippen LogP) is -7.97. The fraction of sp³-hybridized carbons (Fsp3) is 0. The van der Waals surface area contributed by atoms with E-state index in [1.54, 1.807) is 0 Å². The molecular weight excluding hydrogens is 325 g/mol. The molecule has 12 heavy (non-hydrogen) atoms. The fourth-order valence-corrected chi connectivity index (χ4v) is 0. The van der Waals surface area contributed by atoms with Gasteiger partial charge >= 0.3 is 76.5 Å². The van der Waals surface area contributed by atoms with E-state index in [0.717, 1.165) is 0 Å². The van der Waals surface area contributed by atoms with Crippen LogP contribution >= 0.6 is 7.82 Å². The SMILES string of the molecule is O=P([O-])([O-])[O-].[Al+3].[O-][Ti]([O-])([O-])[O-].[Zr+4]. The smallest absolute Gasteiger partial charge is 4.00 e. The van der Waals surface area contributed by atoms with E-state index in [4.69, 9.17) is 34.0 Å². The molecule has 0 N–H and O–H groups in total. The third-order valence-corrected chi connectivity index (χ3v) is 0. The average molecular weight is 325 g/mol. The van der Waals surface area contributed by atoms with Crippen molar-refractivity contribution in [2.45, 2.75) is 0 Å². The van der Waals surface area contributed by atoms with Gasteiger partial charge < -0.3 is 19.2 Å². The molecule has 0 aliphatic carbocycles. The minimum atomic E-state index is -6.00. The number of hydrogen-bond donors (Lipinski definition) is 0. The van der Waals surface area contributed by atoms with Crippen LogP contribution in [0.4, 0.5) is 0 Å². The zero-order valence-electron chi connectivity index (χ0n) is 5.29. The van der Waals surface area contributed by atoms with Crippen molar-refractivity contribution in [2.24, 2.45) is 0 Å². The third kappa shape index (κ3) is 343. The van der Waals surface area contributed by atoms with Gasteiger partial charge in [-0.15, -0.1) is 0 Å². The van der Waals surface area contributed by atoms with Gasteiger partial charge in [-0.3, -0.25) is 0 Å². The Morgan fingerprint density at radius 1 is 0.917 bits per heavy atom. The maximum Gasteiger partial charge on any atom is 4.00 e. The molecule has 0 aromatic heterocycles. The average Bonchev–Trinajstić information content (AvgIpc) is 1.12. The molecule has 12 heteroatoms. The maximum atomic E-state index is 8.62. The minimum Gasteiger partial charge on any atom is 4.00 e. The van der Waals surface area contributed by atoms with Crippen LogP contribution in [0.1, 0.15) is 0 Å². The Bertz CT molecular complexity index is 111. The second kappa shape index (κ2) is 9.63. The zero-order valence-corrected chi connectivity index (χ0v) is 11.4. The van der Waals surface area contributed by atoms with E-state index < -0.39 is 26.0 Å². The monoisotopic (exact) mass is 324 g/mol. The van der Waals surface area contributed by atoms with Gasteiger partial charge in [0.15, 0.2) is 0 Å². The zero-order chi connectivity index (χ0) is 9.00. The first-order valence-corrected chi connectivity index (χ1v) is 5.56. The largest absolute Gasteiger partial charge is 4.00 e. The first-order chi connectivity index (χ1) is 4.00. The Hall–Kier alpha value is 2.08. The molecule has 0 aliphatic heterocycles. The van der Waals surface area contributed by atoms with Crippen molar-refractivity contribution in [3.05, 3.63) is 0 Å².